The molecule has 0 amide bonds. The van der Waals surface area contributed by atoms with Gasteiger partial charge in [0.05, 0.1) is 37.6 Å². The Morgan fingerprint density at radius 1 is 0.662 bits per heavy atom. The molecule has 8 aliphatic rings. The van der Waals surface area contributed by atoms with Gasteiger partial charge in [-0.3, -0.25) is 14.4 Å². The summed E-state index contributed by atoms with van der Waals surface area (Å²) in [7, 11) is 0. The van der Waals surface area contributed by atoms with E-state index in [2.05, 4.69) is 47.6 Å². The summed E-state index contributed by atoms with van der Waals surface area (Å²) in [6, 6.07) is 0. The lowest BCUT2D eigenvalue weighted by atomic mass is 9.33. The summed E-state index contributed by atoms with van der Waals surface area (Å²) < 4.78 is 53.8. The topological polar surface area (TPSA) is 313 Å². The van der Waals surface area contributed by atoms with Crippen LogP contribution in [0.1, 0.15) is 128 Å². The Bertz CT molecular complexity index is 2150. The number of hydrogen-bond acceptors (Lipinski definition) is 20. The van der Waals surface area contributed by atoms with E-state index in [9.17, 15) is 60.0 Å². The van der Waals surface area contributed by atoms with Gasteiger partial charge in [-0.25, -0.2) is 4.79 Å². The third kappa shape index (κ3) is 9.35. The Labute approximate surface area is 432 Å². The second kappa shape index (κ2) is 20.4. The number of carboxylic acids is 1. The number of rotatable bonds is 11. The van der Waals surface area contributed by atoms with Crippen LogP contribution in [-0.4, -0.2) is 182 Å². The van der Waals surface area contributed by atoms with E-state index in [1.165, 1.54) is 26.3 Å². The number of allylic oxidation sites excluding steroid dienone is 2. The predicted molar refractivity (Wildman–Crippen MR) is 255 cm³/mol. The van der Waals surface area contributed by atoms with Gasteiger partial charge in [0.25, 0.3) is 0 Å². The van der Waals surface area contributed by atoms with Crippen molar-refractivity contribution in [2.24, 2.45) is 50.2 Å². The van der Waals surface area contributed by atoms with E-state index in [-0.39, 0.29) is 40.6 Å². The minimum Gasteiger partial charge on any atom is -0.479 e. The standard InChI is InChI=1S/C53H82O21/c1-23-37(68-24(2)55)40(69-25(3)56)41(70-26(4)57)47(67-23)74-43-42(63)50(8)18-19-52(10)27(28(50)20-49(43,7)22-54)12-13-31-51(9)16-15-32(48(5,6)30(51)14-17-53(31,52)11)71-46-39(35(61)34(60)38(72-46)44(64)65)73-45-36(62)33(59)29(58)21-66-45/h12,23,28-43,45-47,54,58-63H,13-22H2,1-11H3,(H,64,65)/t23-,28-,29+,30-,31+,32-,33-,34-,35-,36+,37-,38-,39+,40+,41+,42+,43-,45-,46+,47-,49+,50+,51-,52+,53+/m0/s1. The van der Waals surface area contributed by atoms with E-state index < -0.39 is 151 Å². The number of esters is 3. The molecular weight excluding hydrogens is 973 g/mol. The number of carbonyl (C=O) groups is 4. The van der Waals surface area contributed by atoms with Gasteiger partial charge in [0, 0.05) is 31.6 Å². The zero-order valence-electron chi connectivity index (χ0n) is 44.6. The molecule has 8 rings (SSSR count). The highest BCUT2D eigenvalue weighted by atomic mass is 16.8. The third-order valence-electron chi connectivity index (χ3n) is 20.2. The van der Waals surface area contributed by atoms with Gasteiger partial charge in [-0.15, -0.1) is 0 Å². The van der Waals surface area contributed by atoms with Gasteiger partial charge in [0.15, 0.2) is 43.3 Å². The average Bonchev–Trinajstić information content (AvgIpc) is 3.31. The molecule has 21 nitrogen and oxygen atoms in total. The van der Waals surface area contributed by atoms with E-state index >= 15 is 0 Å². The van der Waals surface area contributed by atoms with Gasteiger partial charge in [-0.2, -0.15) is 0 Å². The summed E-state index contributed by atoms with van der Waals surface area (Å²) in [6.07, 6.45) is -16.1. The number of fused-ring (bicyclic) bond motifs is 7. The van der Waals surface area contributed by atoms with Crippen molar-refractivity contribution in [3.05, 3.63) is 11.6 Å². The molecule has 8 N–H and O–H groups in total. The van der Waals surface area contributed by atoms with E-state index in [1.54, 1.807) is 6.92 Å². The zero-order chi connectivity index (χ0) is 54.6. The van der Waals surface area contributed by atoms with Crippen molar-refractivity contribution >= 4 is 23.9 Å². The molecule has 0 aromatic carbocycles. The van der Waals surface area contributed by atoms with Crippen LogP contribution in [0.5, 0.6) is 0 Å². The summed E-state index contributed by atoms with van der Waals surface area (Å²) in [5, 5.41) is 87.5. The first-order chi connectivity index (χ1) is 34.4. The van der Waals surface area contributed by atoms with Crippen molar-refractivity contribution in [2.45, 2.75) is 232 Å². The molecule has 25 atom stereocenters. The van der Waals surface area contributed by atoms with Crippen LogP contribution in [0.3, 0.4) is 0 Å². The molecule has 3 heterocycles. The van der Waals surface area contributed by atoms with Crippen molar-refractivity contribution < 1.29 is 103 Å². The van der Waals surface area contributed by atoms with Crippen molar-refractivity contribution in [3.8, 4) is 0 Å². The average molecular weight is 1060 g/mol. The van der Waals surface area contributed by atoms with Crippen LogP contribution in [0.2, 0.25) is 0 Å². The molecule has 74 heavy (non-hydrogen) atoms. The first-order valence-electron chi connectivity index (χ1n) is 26.4. The summed E-state index contributed by atoms with van der Waals surface area (Å²) >= 11 is 0. The zero-order valence-corrected chi connectivity index (χ0v) is 44.6. The molecule has 4 saturated carbocycles. The molecule has 21 heteroatoms. The Morgan fingerprint density at radius 3 is 1.91 bits per heavy atom. The number of aliphatic hydroxyl groups excluding tert-OH is 7. The molecular formula is C53H82O21. The Morgan fingerprint density at radius 2 is 1.28 bits per heavy atom. The number of hydrogen-bond donors (Lipinski definition) is 8. The summed E-state index contributed by atoms with van der Waals surface area (Å²) in [5.74, 6) is -3.53. The van der Waals surface area contributed by atoms with Gasteiger partial charge >= 0.3 is 23.9 Å². The van der Waals surface area contributed by atoms with Gasteiger partial charge < -0.3 is 83.5 Å². The number of carboxylic acid groups (broad SMARTS) is 1. The molecule has 3 saturated heterocycles. The summed E-state index contributed by atoms with van der Waals surface area (Å²) in [5.41, 5.74) is -1.86. The van der Waals surface area contributed by atoms with Crippen LogP contribution in [0.15, 0.2) is 11.6 Å². The van der Waals surface area contributed by atoms with Crippen LogP contribution in [0, 0.1) is 50.2 Å². The van der Waals surface area contributed by atoms with Gasteiger partial charge in [-0.1, -0.05) is 60.1 Å². The first-order valence-corrected chi connectivity index (χ1v) is 26.4. The quantitative estimate of drug-likeness (QED) is 0.0635. The number of aliphatic carboxylic acids is 1. The molecule has 0 spiro atoms. The maximum atomic E-state index is 12.8. The van der Waals surface area contributed by atoms with E-state index in [4.69, 9.17) is 42.6 Å². The SMILES string of the molecule is CC(=O)O[C@@H]1[C@@H](OC(C)=O)[C@H](C)O[C@@H](O[C@H]2[C@@H](O)[C@]3(C)CC[C@]4(C)C(=CC[C@@H]5[C@@]6(C)CC[C@H](O[C@@H]7O[C@H](C(=O)O)[C@@H](O)[C@H](O)[C@H]7O[C@@H]7OC[C@@H](O)[C@H](O)[C@H]7O)C(C)(C)[C@@H]6CC[C@]54C)[C@@H]3C[C@]2(C)CO)[C@@H]1OC(C)=O. The lowest BCUT2D eigenvalue weighted by molar-refractivity contribution is -0.366. The molecule has 0 bridgehead atoms. The summed E-state index contributed by atoms with van der Waals surface area (Å²) in [4.78, 5) is 49.5. The van der Waals surface area contributed by atoms with Crippen molar-refractivity contribution in [3.63, 3.8) is 0 Å². The largest absolute Gasteiger partial charge is 0.479 e. The van der Waals surface area contributed by atoms with Crippen LogP contribution < -0.4 is 0 Å². The highest BCUT2D eigenvalue weighted by Crippen LogP contribution is 2.76. The molecule has 0 aromatic heterocycles. The Kier molecular flexibility index (Phi) is 15.8. The van der Waals surface area contributed by atoms with E-state index in [0.717, 1.165) is 32.1 Å². The fourth-order valence-corrected chi connectivity index (χ4v) is 15.9. The third-order valence-corrected chi connectivity index (χ3v) is 20.2. The minimum atomic E-state index is -1.94. The number of carbonyl (C=O) groups excluding carboxylic acids is 3. The fourth-order valence-electron chi connectivity index (χ4n) is 15.9. The Balaban J connectivity index is 1.04. The number of ether oxygens (including phenoxy) is 9. The van der Waals surface area contributed by atoms with Crippen molar-refractivity contribution in [1.82, 2.24) is 0 Å². The van der Waals surface area contributed by atoms with E-state index in [1.807, 2.05) is 6.92 Å². The fraction of sp³-hybridized carbons (Fsp3) is 0.887. The van der Waals surface area contributed by atoms with Gasteiger partial charge in [-0.05, 0) is 97.7 Å². The highest BCUT2D eigenvalue weighted by Gasteiger charge is 2.71. The van der Waals surface area contributed by atoms with Crippen molar-refractivity contribution in [1.29, 1.82) is 0 Å². The van der Waals surface area contributed by atoms with E-state index in [0.29, 0.717) is 19.3 Å². The Hall–Kier alpha value is -2.90. The second-order valence-corrected chi connectivity index (χ2v) is 24.9. The lowest BCUT2D eigenvalue weighted by Crippen LogP contribution is -2.69. The summed E-state index contributed by atoms with van der Waals surface area (Å²) in [6.45, 7) is 19.7. The molecule has 0 radical (unpaired) electrons. The highest BCUT2D eigenvalue weighted by molar-refractivity contribution is 5.73. The molecule has 0 aromatic rings. The predicted octanol–water partition coefficient (Wildman–Crippen LogP) is 2.03. The molecule has 0 unspecified atom stereocenters. The molecule has 7 fully saturated rings. The van der Waals surface area contributed by atoms with Crippen LogP contribution in [-0.2, 0) is 61.8 Å². The second-order valence-electron chi connectivity index (χ2n) is 24.9. The maximum Gasteiger partial charge on any atom is 0.335 e. The van der Waals surface area contributed by atoms with Crippen LogP contribution >= 0.6 is 0 Å². The monoisotopic (exact) mass is 1050 g/mol. The maximum absolute atomic E-state index is 12.8. The van der Waals surface area contributed by atoms with Crippen molar-refractivity contribution in [2.75, 3.05) is 13.2 Å². The normalized spacial score (nSPS) is 50.9. The number of aliphatic hydroxyl groups is 7. The smallest absolute Gasteiger partial charge is 0.335 e. The minimum absolute atomic E-state index is 0.0884. The lowest BCUT2D eigenvalue weighted by Gasteiger charge is -2.72. The molecule has 5 aliphatic carbocycles. The van der Waals surface area contributed by atoms with Crippen LogP contribution in [0.4, 0.5) is 0 Å². The molecule has 3 aliphatic heterocycles. The first kappa shape index (κ1) is 57.3. The van der Waals surface area contributed by atoms with Crippen LogP contribution in [0.25, 0.3) is 0 Å². The van der Waals surface area contributed by atoms with Gasteiger partial charge in [0.2, 0.25) is 0 Å². The molecule has 420 valence electrons. The van der Waals surface area contributed by atoms with Gasteiger partial charge in [0.1, 0.15) is 36.6 Å².